The van der Waals surface area contributed by atoms with Gasteiger partial charge in [0.1, 0.15) is 0 Å². The lowest BCUT2D eigenvalue weighted by Gasteiger charge is -2.15. The molecule has 0 rings (SSSR count). The smallest absolute Gasteiger partial charge is 0.0587 e. The first kappa shape index (κ1) is 14.2. The van der Waals surface area contributed by atoms with Gasteiger partial charge in [0.15, 0.2) is 0 Å². The number of rotatable bonds is 10. The van der Waals surface area contributed by atoms with Crippen molar-refractivity contribution in [2.75, 3.05) is 59.0 Å². The predicted octanol–water partition coefficient (Wildman–Crippen LogP) is 0.907. The van der Waals surface area contributed by atoms with Gasteiger partial charge in [0.05, 0.1) is 6.61 Å². The van der Waals surface area contributed by atoms with Crippen molar-refractivity contribution in [3.05, 3.63) is 0 Å². The summed E-state index contributed by atoms with van der Waals surface area (Å²) in [6.07, 6.45) is 3.37. The summed E-state index contributed by atoms with van der Waals surface area (Å²) in [5.74, 6) is 1.23. The summed E-state index contributed by atoms with van der Waals surface area (Å²) in [4.78, 5) is 2.38. The Morgan fingerprint density at radius 1 is 1.29 bits per heavy atom. The first-order valence-electron chi connectivity index (χ1n) is 5.18. The van der Waals surface area contributed by atoms with E-state index < -0.39 is 0 Å². The van der Waals surface area contributed by atoms with Crippen LogP contribution in [0, 0.1) is 0 Å². The lowest BCUT2D eigenvalue weighted by molar-refractivity contribution is 0.199. The molecule has 0 saturated heterocycles. The summed E-state index contributed by atoms with van der Waals surface area (Å²) in [5, 5.41) is 3.34. The molecular weight excluding hydrogens is 196 g/mol. The van der Waals surface area contributed by atoms with Gasteiger partial charge in [-0.1, -0.05) is 0 Å². The monoisotopic (exact) mass is 220 g/mol. The van der Waals surface area contributed by atoms with Crippen molar-refractivity contribution in [3.8, 4) is 0 Å². The van der Waals surface area contributed by atoms with E-state index in [1.54, 1.807) is 7.11 Å². The molecule has 3 nitrogen and oxygen atoms in total. The number of thioether (sulfide) groups is 1. The molecule has 0 aliphatic heterocycles. The fourth-order valence-electron chi connectivity index (χ4n) is 1.13. The van der Waals surface area contributed by atoms with E-state index in [1.807, 2.05) is 11.8 Å². The zero-order valence-corrected chi connectivity index (χ0v) is 10.5. The van der Waals surface area contributed by atoms with E-state index in [0.717, 1.165) is 19.7 Å². The summed E-state index contributed by atoms with van der Waals surface area (Å²) in [6.45, 7) is 5.24. The highest BCUT2D eigenvalue weighted by Gasteiger charge is 1.96. The molecule has 14 heavy (non-hydrogen) atoms. The molecular formula is C10H24N2OS. The third-order valence-electron chi connectivity index (χ3n) is 2.05. The average Bonchev–Trinajstić information content (AvgIpc) is 2.20. The molecule has 0 radical (unpaired) electrons. The van der Waals surface area contributed by atoms with Crippen LogP contribution in [0.3, 0.4) is 0 Å². The van der Waals surface area contributed by atoms with Crippen LogP contribution in [0.2, 0.25) is 0 Å². The van der Waals surface area contributed by atoms with E-state index in [1.165, 1.54) is 25.3 Å². The van der Waals surface area contributed by atoms with Crippen LogP contribution >= 0.6 is 11.8 Å². The maximum atomic E-state index is 4.95. The van der Waals surface area contributed by atoms with Crippen LogP contribution in [-0.4, -0.2) is 63.9 Å². The number of methoxy groups -OCH3 is 1. The fraction of sp³-hybridized carbons (Fsp3) is 1.00. The molecule has 0 aromatic heterocycles. The first-order chi connectivity index (χ1) is 6.81. The van der Waals surface area contributed by atoms with Crippen molar-refractivity contribution in [1.29, 1.82) is 0 Å². The lowest BCUT2D eigenvalue weighted by atomic mass is 10.4. The van der Waals surface area contributed by atoms with E-state index >= 15 is 0 Å². The molecule has 4 heteroatoms. The Morgan fingerprint density at radius 3 is 2.71 bits per heavy atom. The van der Waals surface area contributed by atoms with Gasteiger partial charge in [-0.15, -0.1) is 0 Å². The second kappa shape index (κ2) is 11.3. The van der Waals surface area contributed by atoms with E-state index in [2.05, 4.69) is 23.5 Å². The maximum absolute atomic E-state index is 4.95. The SMILES string of the molecule is COCCNCCCN(C)CCSC. The average molecular weight is 220 g/mol. The highest BCUT2D eigenvalue weighted by molar-refractivity contribution is 7.98. The van der Waals surface area contributed by atoms with Gasteiger partial charge >= 0.3 is 0 Å². The van der Waals surface area contributed by atoms with Gasteiger partial charge in [-0.05, 0) is 32.8 Å². The molecule has 0 unspecified atom stereocenters. The standard InChI is InChI=1S/C10H24N2OS/c1-12(8-10-14-3)7-4-5-11-6-9-13-2/h11H,4-10H2,1-3H3. The molecule has 0 aromatic carbocycles. The second-order valence-electron chi connectivity index (χ2n) is 3.39. The fourth-order valence-corrected chi connectivity index (χ4v) is 1.63. The van der Waals surface area contributed by atoms with Crippen LogP contribution in [0.25, 0.3) is 0 Å². The van der Waals surface area contributed by atoms with Crippen molar-refractivity contribution in [2.24, 2.45) is 0 Å². The number of hydrogen-bond donors (Lipinski definition) is 1. The van der Waals surface area contributed by atoms with Gasteiger partial charge in [0, 0.05) is 26.0 Å². The molecule has 0 fully saturated rings. The Morgan fingerprint density at radius 2 is 2.07 bits per heavy atom. The minimum Gasteiger partial charge on any atom is -0.383 e. The number of nitrogens with one attached hydrogen (secondary N) is 1. The molecule has 0 aliphatic rings. The molecule has 0 saturated carbocycles. The zero-order chi connectivity index (χ0) is 10.6. The van der Waals surface area contributed by atoms with Gasteiger partial charge in [0.2, 0.25) is 0 Å². The van der Waals surface area contributed by atoms with Gasteiger partial charge in [-0.25, -0.2) is 0 Å². The van der Waals surface area contributed by atoms with Crippen molar-refractivity contribution in [1.82, 2.24) is 10.2 Å². The quantitative estimate of drug-likeness (QED) is 0.553. The molecule has 0 spiro atoms. The largest absolute Gasteiger partial charge is 0.383 e. The van der Waals surface area contributed by atoms with Crippen LogP contribution in [0.5, 0.6) is 0 Å². The minimum absolute atomic E-state index is 0.808. The van der Waals surface area contributed by atoms with Crippen LogP contribution in [0.4, 0.5) is 0 Å². The Kier molecular flexibility index (Phi) is 11.5. The van der Waals surface area contributed by atoms with Crippen molar-refractivity contribution < 1.29 is 4.74 Å². The lowest BCUT2D eigenvalue weighted by Crippen LogP contribution is -2.27. The van der Waals surface area contributed by atoms with E-state index in [9.17, 15) is 0 Å². The maximum Gasteiger partial charge on any atom is 0.0587 e. The molecule has 0 atom stereocenters. The molecule has 0 aliphatic carbocycles. The molecule has 0 aromatic rings. The minimum atomic E-state index is 0.808. The van der Waals surface area contributed by atoms with Gasteiger partial charge in [-0.2, -0.15) is 11.8 Å². The van der Waals surface area contributed by atoms with Crippen LogP contribution in [-0.2, 0) is 4.74 Å². The van der Waals surface area contributed by atoms with Crippen molar-refractivity contribution >= 4 is 11.8 Å². The predicted molar refractivity (Wildman–Crippen MR) is 65.2 cm³/mol. The van der Waals surface area contributed by atoms with Crippen LogP contribution in [0.1, 0.15) is 6.42 Å². The Bertz CT molecular complexity index is 114. The number of ether oxygens (including phenoxy) is 1. The summed E-state index contributed by atoms with van der Waals surface area (Å²) >= 11 is 1.91. The Labute approximate surface area is 92.6 Å². The molecule has 0 bridgehead atoms. The van der Waals surface area contributed by atoms with E-state index in [-0.39, 0.29) is 0 Å². The molecule has 86 valence electrons. The first-order valence-corrected chi connectivity index (χ1v) is 6.57. The normalized spacial score (nSPS) is 11.1. The highest BCUT2D eigenvalue weighted by atomic mass is 32.2. The summed E-state index contributed by atoms with van der Waals surface area (Å²) in [7, 11) is 3.92. The summed E-state index contributed by atoms with van der Waals surface area (Å²) < 4.78 is 4.95. The summed E-state index contributed by atoms with van der Waals surface area (Å²) in [5.41, 5.74) is 0. The van der Waals surface area contributed by atoms with Gasteiger partial charge in [-0.3, -0.25) is 0 Å². The van der Waals surface area contributed by atoms with Crippen molar-refractivity contribution in [2.45, 2.75) is 6.42 Å². The third-order valence-corrected chi connectivity index (χ3v) is 2.64. The third kappa shape index (κ3) is 10.3. The van der Waals surface area contributed by atoms with Gasteiger partial charge in [0.25, 0.3) is 0 Å². The molecule has 0 heterocycles. The Hall–Kier alpha value is 0.230. The second-order valence-corrected chi connectivity index (χ2v) is 4.38. The zero-order valence-electron chi connectivity index (χ0n) is 9.71. The topological polar surface area (TPSA) is 24.5 Å². The highest BCUT2D eigenvalue weighted by Crippen LogP contribution is 1.93. The Balaban J connectivity index is 3.02. The van der Waals surface area contributed by atoms with Gasteiger partial charge < -0.3 is 15.0 Å². The van der Waals surface area contributed by atoms with E-state index in [4.69, 9.17) is 4.74 Å². The van der Waals surface area contributed by atoms with Crippen LogP contribution in [0.15, 0.2) is 0 Å². The molecule has 0 amide bonds. The number of nitrogens with zero attached hydrogens (tertiary/aromatic N) is 1. The van der Waals surface area contributed by atoms with Crippen molar-refractivity contribution in [3.63, 3.8) is 0 Å². The summed E-state index contributed by atoms with van der Waals surface area (Å²) in [6, 6.07) is 0. The van der Waals surface area contributed by atoms with Crippen LogP contribution < -0.4 is 5.32 Å². The number of hydrogen-bond acceptors (Lipinski definition) is 4. The van der Waals surface area contributed by atoms with E-state index in [0.29, 0.717) is 0 Å². The molecule has 1 N–H and O–H groups in total.